The summed E-state index contributed by atoms with van der Waals surface area (Å²) in [6.07, 6.45) is 0. The second-order valence-corrected chi connectivity index (χ2v) is 14.6. The van der Waals surface area contributed by atoms with E-state index in [1.807, 2.05) is 0 Å². The van der Waals surface area contributed by atoms with Crippen LogP contribution in [-0.2, 0) is 30.4 Å². The van der Waals surface area contributed by atoms with Crippen LogP contribution in [0.4, 0.5) is 28.4 Å². The molecule has 0 unspecified atom stereocenters. The van der Waals surface area contributed by atoms with Gasteiger partial charge >= 0.3 is 0 Å². The molecular formula is C29H29N5O11S3. The fraction of sp³-hybridized carbons (Fsp3) is 0.103. The maximum atomic E-state index is 12.3. The summed E-state index contributed by atoms with van der Waals surface area (Å²) < 4.78 is 106. The number of aromatic hydroxyl groups is 1. The maximum Gasteiger partial charge on any atom is 0.296 e. The number of phenolic OH excluding ortho intramolecular Hbond substituents is 1. The van der Waals surface area contributed by atoms with Crippen LogP contribution in [0.5, 0.6) is 11.5 Å². The minimum atomic E-state index is -4.89. The minimum Gasteiger partial charge on any atom is -0.505 e. The molecule has 0 saturated carbocycles. The van der Waals surface area contributed by atoms with E-state index in [0.29, 0.717) is 45.2 Å². The molecule has 19 heteroatoms. The zero-order valence-electron chi connectivity index (χ0n) is 25.2. The fourth-order valence-corrected chi connectivity index (χ4v) is 6.97. The Morgan fingerprint density at radius 1 is 0.625 bits per heavy atom. The molecule has 0 aliphatic heterocycles. The van der Waals surface area contributed by atoms with Gasteiger partial charge in [-0.1, -0.05) is 6.07 Å². The zero-order chi connectivity index (χ0) is 35.2. The number of benzene rings is 5. The van der Waals surface area contributed by atoms with Crippen molar-refractivity contribution < 1.29 is 48.8 Å². The number of aryl methyl sites for hydroxylation is 1. The van der Waals surface area contributed by atoms with E-state index in [4.69, 9.17) is 4.74 Å². The van der Waals surface area contributed by atoms with E-state index in [9.17, 15) is 44.0 Å². The van der Waals surface area contributed by atoms with Gasteiger partial charge in [0.05, 0.1) is 29.1 Å². The molecule has 5 aromatic carbocycles. The lowest BCUT2D eigenvalue weighted by atomic mass is 10.1. The van der Waals surface area contributed by atoms with E-state index in [-0.39, 0.29) is 22.2 Å². The Morgan fingerprint density at radius 2 is 1.29 bits per heavy atom. The molecule has 0 aliphatic rings. The normalized spacial score (nSPS) is 12.1. The first-order chi connectivity index (χ1) is 22.4. The lowest BCUT2D eigenvalue weighted by Gasteiger charge is -2.20. The molecule has 5 rings (SSSR count). The third-order valence-electron chi connectivity index (χ3n) is 7.32. The number of nitrogens with one attached hydrogen (secondary N) is 5. The van der Waals surface area contributed by atoms with Crippen molar-refractivity contribution >= 4 is 80.3 Å². The summed E-state index contributed by atoms with van der Waals surface area (Å²) in [5, 5.41) is 14.7. The first-order valence-corrected chi connectivity index (χ1v) is 17.9. The quantitative estimate of drug-likeness (QED) is 0.0510. The molecule has 0 heterocycles. The highest BCUT2D eigenvalue weighted by atomic mass is 32.2. The van der Waals surface area contributed by atoms with Crippen LogP contribution in [0.2, 0.25) is 0 Å². The summed E-state index contributed by atoms with van der Waals surface area (Å²) >= 11 is 0. The number of ether oxygens (including phenoxy) is 1. The molecule has 0 spiro atoms. The second-order valence-electron chi connectivity index (χ2n) is 10.4. The number of rotatable bonds is 11. The Kier molecular flexibility index (Phi) is 8.95. The molecule has 0 amide bonds. The Labute approximate surface area is 274 Å². The second kappa shape index (κ2) is 12.5. The minimum absolute atomic E-state index is 0.0275. The lowest BCUT2D eigenvalue weighted by Crippen LogP contribution is -2.15. The number of phenols is 1. The number of methoxy groups -OCH3 is 1. The molecule has 0 aromatic heterocycles. The van der Waals surface area contributed by atoms with Gasteiger partial charge in [-0.15, -0.1) is 0 Å². The Bertz CT molecular complexity index is 2440. The van der Waals surface area contributed by atoms with Crippen molar-refractivity contribution in [3.63, 3.8) is 0 Å². The van der Waals surface area contributed by atoms with Gasteiger partial charge in [0.2, 0.25) is 0 Å². The van der Waals surface area contributed by atoms with Gasteiger partial charge in [-0.05, 0) is 77.9 Å². The summed E-state index contributed by atoms with van der Waals surface area (Å²) in [6.45, 7) is 1.72. The molecule has 16 nitrogen and oxygen atoms in total. The summed E-state index contributed by atoms with van der Waals surface area (Å²) in [6, 6.07) is 15.2. The van der Waals surface area contributed by atoms with Crippen LogP contribution < -0.4 is 31.8 Å². The van der Waals surface area contributed by atoms with Gasteiger partial charge in [0.25, 0.3) is 30.4 Å². The van der Waals surface area contributed by atoms with Crippen LogP contribution >= 0.6 is 0 Å². The molecule has 0 bridgehead atoms. The predicted molar refractivity (Wildman–Crippen MR) is 181 cm³/mol. The predicted octanol–water partition coefficient (Wildman–Crippen LogP) is 4.68. The summed E-state index contributed by atoms with van der Waals surface area (Å²) in [4.78, 5) is -2.01. The smallest absolute Gasteiger partial charge is 0.296 e. The van der Waals surface area contributed by atoms with E-state index in [1.54, 1.807) is 44.3 Å². The molecule has 0 fully saturated rings. The summed E-state index contributed by atoms with van der Waals surface area (Å²) in [5.74, 6) is -0.190. The van der Waals surface area contributed by atoms with Gasteiger partial charge < -0.3 is 26.0 Å². The number of fused-ring (bicyclic) bond motifs is 2. The van der Waals surface area contributed by atoms with Gasteiger partial charge in [0.15, 0.2) is 0 Å². The Balaban J connectivity index is 1.43. The molecule has 254 valence electrons. The van der Waals surface area contributed by atoms with Gasteiger partial charge in [0.1, 0.15) is 27.0 Å². The van der Waals surface area contributed by atoms with Gasteiger partial charge in [-0.3, -0.25) is 24.5 Å². The third-order valence-corrected chi connectivity index (χ3v) is 9.92. The van der Waals surface area contributed by atoms with Crippen molar-refractivity contribution in [2.75, 3.05) is 41.2 Å². The molecule has 0 radical (unpaired) electrons. The highest BCUT2D eigenvalue weighted by Crippen LogP contribution is 2.40. The van der Waals surface area contributed by atoms with Crippen LogP contribution in [0, 0.1) is 6.92 Å². The van der Waals surface area contributed by atoms with E-state index in [2.05, 4.69) is 27.0 Å². The maximum absolute atomic E-state index is 12.3. The van der Waals surface area contributed by atoms with Crippen molar-refractivity contribution in [3.8, 4) is 11.5 Å². The average molecular weight is 720 g/mol. The van der Waals surface area contributed by atoms with Crippen molar-refractivity contribution in [2.45, 2.75) is 21.6 Å². The van der Waals surface area contributed by atoms with Gasteiger partial charge in [0, 0.05) is 29.6 Å². The molecule has 48 heavy (non-hydrogen) atoms. The number of hydrogen-bond acceptors (Lipinski definition) is 13. The van der Waals surface area contributed by atoms with E-state index in [1.165, 1.54) is 31.4 Å². The summed E-state index contributed by atoms with van der Waals surface area (Å²) in [7, 11) is -11.4. The first-order valence-electron chi connectivity index (χ1n) is 13.6. The topological polar surface area (TPSA) is 253 Å². The number of hydrazine groups is 2. The lowest BCUT2D eigenvalue weighted by molar-refractivity contribution is 0.416. The van der Waals surface area contributed by atoms with Crippen molar-refractivity contribution in [3.05, 3.63) is 72.3 Å². The highest BCUT2D eigenvalue weighted by Gasteiger charge is 2.23. The van der Waals surface area contributed by atoms with Gasteiger partial charge in [-0.2, -0.15) is 25.3 Å². The molecule has 0 aliphatic carbocycles. The van der Waals surface area contributed by atoms with E-state index >= 15 is 0 Å². The van der Waals surface area contributed by atoms with Crippen molar-refractivity contribution in [1.29, 1.82) is 0 Å². The first kappa shape index (κ1) is 34.3. The van der Waals surface area contributed by atoms with Crippen LogP contribution in [0.25, 0.3) is 21.5 Å². The fourth-order valence-electron chi connectivity index (χ4n) is 4.94. The van der Waals surface area contributed by atoms with Gasteiger partial charge in [-0.25, -0.2) is 0 Å². The highest BCUT2D eigenvalue weighted by molar-refractivity contribution is 7.87. The average Bonchev–Trinajstić information content (AvgIpc) is 3.01. The van der Waals surface area contributed by atoms with Crippen LogP contribution in [0.3, 0.4) is 0 Å². The van der Waals surface area contributed by atoms with Crippen LogP contribution in [0.15, 0.2) is 81.4 Å². The number of hydrogen-bond donors (Lipinski definition) is 9. The third kappa shape index (κ3) is 6.95. The standard InChI is InChI=1S/C29H29N5O11S3/c1-15-8-24(33-34-28-27(48(42,43)44)11-17-9-18(30-2)6-7-21(17)29(28)35)25(45-3)14-23(15)32-31-19-5-4-16-10-20(46(36,37)38)13-26(22(16)12-19)47(39,40)41/h4-14,30-35H,1-3H3,(H,36,37,38)(H,39,40,41)(H,42,43,44). The monoisotopic (exact) mass is 719 g/mol. The molecule has 9 N–H and O–H groups in total. The number of anilines is 5. The Hall–Kier alpha value is -5.05. The summed E-state index contributed by atoms with van der Waals surface area (Å²) in [5.41, 5.74) is 13.3. The van der Waals surface area contributed by atoms with Crippen LogP contribution in [-0.4, -0.2) is 58.2 Å². The van der Waals surface area contributed by atoms with E-state index in [0.717, 1.165) is 6.07 Å². The molecular weight excluding hydrogens is 691 g/mol. The largest absolute Gasteiger partial charge is 0.505 e. The SMILES string of the molecule is CNc1ccc2c(O)c(NNc3cc(C)c(NNc4ccc5cc(S(=O)(=O)O)cc(S(=O)(=O)O)c5c4)cc3OC)c(S(=O)(=O)O)cc2c1. The zero-order valence-corrected chi connectivity index (χ0v) is 27.7. The molecule has 0 atom stereocenters. The molecule has 5 aromatic rings. The van der Waals surface area contributed by atoms with Crippen molar-refractivity contribution in [2.24, 2.45) is 0 Å². The molecule has 0 saturated heterocycles. The van der Waals surface area contributed by atoms with E-state index < -0.39 is 50.8 Å². The van der Waals surface area contributed by atoms with Crippen LogP contribution in [0.1, 0.15) is 5.56 Å². The Morgan fingerprint density at radius 3 is 1.92 bits per heavy atom. The van der Waals surface area contributed by atoms with Crippen molar-refractivity contribution in [1.82, 2.24) is 0 Å².